The van der Waals surface area contributed by atoms with Crippen molar-refractivity contribution >= 4 is 26.9 Å². The molecular weight excluding hydrogens is 384 g/mol. The zero-order valence-electron chi connectivity index (χ0n) is 14.8. The van der Waals surface area contributed by atoms with E-state index >= 15 is 0 Å². The number of benzene rings is 1. The Labute approximate surface area is 156 Å². The van der Waals surface area contributed by atoms with E-state index < -0.39 is 5.63 Å². The average Bonchev–Trinajstić information content (AvgIpc) is 2.60. The van der Waals surface area contributed by atoms with Gasteiger partial charge in [0.05, 0.1) is 7.11 Å². The average molecular weight is 409 g/mol. The number of halogens is 1. The molecule has 0 N–H and O–H groups in total. The Kier molecular flexibility index (Phi) is 8.06. The van der Waals surface area contributed by atoms with Crippen molar-refractivity contribution in [3.63, 3.8) is 0 Å². The standard InChI is InChI=1S/C20H25BrO4/c1-3-4-5-6-7-8-9-10-17(21)24-16-13-11-15-12-14-18(22)25-19(15)20(16)23-2/h9-14,17H,3-8H2,1-2H3/b10-9+. The topological polar surface area (TPSA) is 48.7 Å². The highest BCUT2D eigenvalue weighted by molar-refractivity contribution is 9.09. The number of hydrogen-bond donors (Lipinski definition) is 0. The molecule has 2 aromatic rings. The fourth-order valence-electron chi connectivity index (χ4n) is 2.60. The quantitative estimate of drug-likeness (QED) is 0.215. The minimum Gasteiger partial charge on any atom is -0.490 e. The van der Waals surface area contributed by atoms with Gasteiger partial charge in [0.25, 0.3) is 0 Å². The maximum Gasteiger partial charge on any atom is 0.336 e. The van der Waals surface area contributed by atoms with Crippen LogP contribution < -0.4 is 15.1 Å². The van der Waals surface area contributed by atoms with Gasteiger partial charge in [-0.2, -0.15) is 0 Å². The number of rotatable bonds is 10. The van der Waals surface area contributed by atoms with Crippen LogP contribution in [0.4, 0.5) is 0 Å². The van der Waals surface area contributed by atoms with Gasteiger partial charge in [-0.3, -0.25) is 0 Å². The van der Waals surface area contributed by atoms with Gasteiger partial charge in [0.2, 0.25) is 5.75 Å². The third-order valence-corrected chi connectivity index (χ3v) is 4.41. The van der Waals surface area contributed by atoms with Crippen LogP contribution in [-0.2, 0) is 0 Å². The molecule has 1 aromatic heterocycles. The van der Waals surface area contributed by atoms with Gasteiger partial charge in [0.15, 0.2) is 16.3 Å². The van der Waals surface area contributed by atoms with Crippen molar-refractivity contribution in [3.05, 3.63) is 46.8 Å². The van der Waals surface area contributed by atoms with E-state index in [1.54, 1.807) is 6.07 Å². The monoisotopic (exact) mass is 408 g/mol. The summed E-state index contributed by atoms with van der Waals surface area (Å²) in [5.41, 5.74) is -0.0200. The minimum absolute atomic E-state index is 0.273. The Hall–Kier alpha value is -1.75. The van der Waals surface area contributed by atoms with E-state index in [0.717, 1.165) is 11.8 Å². The third kappa shape index (κ3) is 5.92. The molecule has 0 amide bonds. The Morgan fingerprint density at radius 3 is 2.68 bits per heavy atom. The molecule has 5 heteroatoms. The Morgan fingerprint density at radius 1 is 1.16 bits per heavy atom. The van der Waals surface area contributed by atoms with E-state index in [9.17, 15) is 4.79 Å². The van der Waals surface area contributed by atoms with Crippen molar-refractivity contribution in [1.29, 1.82) is 0 Å². The number of allylic oxidation sites excluding steroid dienone is 1. The van der Waals surface area contributed by atoms with Gasteiger partial charge in [0.1, 0.15) is 0 Å². The first-order valence-corrected chi connectivity index (χ1v) is 9.65. The van der Waals surface area contributed by atoms with E-state index in [1.807, 2.05) is 18.2 Å². The highest BCUT2D eigenvalue weighted by atomic mass is 79.9. The molecule has 0 spiro atoms. The summed E-state index contributed by atoms with van der Waals surface area (Å²) < 4.78 is 16.5. The van der Waals surface area contributed by atoms with Crippen molar-refractivity contribution in [2.24, 2.45) is 0 Å². The second-order valence-electron chi connectivity index (χ2n) is 5.87. The molecule has 0 fully saturated rings. The fourth-order valence-corrected chi connectivity index (χ4v) is 3.02. The summed E-state index contributed by atoms with van der Waals surface area (Å²) in [6.45, 7) is 2.22. The number of unbranched alkanes of at least 4 members (excludes halogenated alkanes) is 5. The van der Waals surface area contributed by atoms with E-state index in [-0.39, 0.29) is 5.01 Å². The zero-order chi connectivity index (χ0) is 18.1. The summed E-state index contributed by atoms with van der Waals surface area (Å²) in [6, 6.07) is 6.75. The molecule has 1 unspecified atom stereocenters. The third-order valence-electron chi connectivity index (χ3n) is 3.91. The van der Waals surface area contributed by atoms with Gasteiger partial charge in [0, 0.05) is 11.5 Å². The van der Waals surface area contributed by atoms with E-state index in [1.165, 1.54) is 45.3 Å². The number of methoxy groups -OCH3 is 1. The smallest absolute Gasteiger partial charge is 0.336 e. The molecule has 0 saturated carbocycles. The molecule has 0 radical (unpaired) electrons. The molecule has 2 rings (SSSR count). The molecule has 0 aliphatic carbocycles. The van der Waals surface area contributed by atoms with Gasteiger partial charge in [-0.05, 0) is 53.0 Å². The Bertz CT molecular complexity index is 751. The Morgan fingerprint density at radius 2 is 1.92 bits per heavy atom. The second-order valence-corrected chi connectivity index (χ2v) is 6.77. The lowest BCUT2D eigenvalue weighted by molar-refractivity contribution is 0.308. The van der Waals surface area contributed by atoms with Crippen molar-refractivity contribution in [2.45, 2.75) is 50.5 Å². The summed E-state index contributed by atoms with van der Waals surface area (Å²) in [5, 5.41) is 0.516. The molecule has 136 valence electrons. The predicted octanol–water partition coefficient (Wildman–Crippen LogP) is 5.82. The summed E-state index contributed by atoms with van der Waals surface area (Å²) in [4.78, 5) is 11.5. The highest BCUT2D eigenvalue weighted by Crippen LogP contribution is 2.35. The minimum atomic E-state index is -0.415. The SMILES string of the molecule is CCCCCCC/C=C/C(Br)Oc1ccc2ccc(=O)oc2c1OC. The lowest BCUT2D eigenvalue weighted by atomic mass is 10.1. The summed E-state index contributed by atoms with van der Waals surface area (Å²) >= 11 is 3.49. The van der Waals surface area contributed by atoms with E-state index in [2.05, 4.69) is 28.9 Å². The molecular formula is C20H25BrO4. The Balaban J connectivity index is 1.98. The first-order chi connectivity index (χ1) is 12.2. The van der Waals surface area contributed by atoms with Crippen LogP contribution in [0.15, 0.2) is 45.6 Å². The summed E-state index contributed by atoms with van der Waals surface area (Å²) in [7, 11) is 1.53. The van der Waals surface area contributed by atoms with Crippen LogP contribution in [0.1, 0.15) is 45.4 Å². The fraction of sp³-hybridized carbons (Fsp3) is 0.450. The van der Waals surface area contributed by atoms with Gasteiger partial charge in [-0.15, -0.1) is 0 Å². The zero-order valence-corrected chi connectivity index (χ0v) is 16.4. The molecule has 0 aliphatic heterocycles. The number of ether oxygens (including phenoxy) is 2. The van der Waals surface area contributed by atoms with Crippen molar-refractivity contribution in [3.8, 4) is 11.5 Å². The van der Waals surface area contributed by atoms with Crippen LogP contribution in [0.2, 0.25) is 0 Å². The lowest BCUT2D eigenvalue weighted by Gasteiger charge is -2.14. The normalized spacial score (nSPS) is 12.6. The molecule has 0 saturated heterocycles. The molecule has 1 heterocycles. The maximum atomic E-state index is 11.5. The largest absolute Gasteiger partial charge is 0.490 e. The van der Waals surface area contributed by atoms with Gasteiger partial charge in [-0.1, -0.05) is 38.7 Å². The molecule has 0 aliphatic rings. The molecule has 0 bridgehead atoms. The van der Waals surface area contributed by atoms with Crippen LogP contribution in [0, 0.1) is 0 Å². The van der Waals surface area contributed by atoms with Crippen LogP contribution in [0.25, 0.3) is 11.0 Å². The van der Waals surface area contributed by atoms with E-state index in [4.69, 9.17) is 13.9 Å². The van der Waals surface area contributed by atoms with Crippen LogP contribution >= 0.6 is 15.9 Å². The predicted molar refractivity (Wildman–Crippen MR) is 105 cm³/mol. The van der Waals surface area contributed by atoms with Crippen LogP contribution in [-0.4, -0.2) is 12.1 Å². The second kappa shape index (κ2) is 10.3. The van der Waals surface area contributed by atoms with Crippen molar-refractivity contribution in [2.75, 3.05) is 7.11 Å². The van der Waals surface area contributed by atoms with Crippen molar-refractivity contribution < 1.29 is 13.9 Å². The van der Waals surface area contributed by atoms with Gasteiger partial charge >= 0.3 is 5.63 Å². The van der Waals surface area contributed by atoms with Gasteiger partial charge in [-0.25, -0.2) is 4.79 Å². The molecule has 4 nitrogen and oxygen atoms in total. The molecule has 25 heavy (non-hydrogen) atoms. The van der Waals surface area contributed by atoms with Crippen LogP contribution in [0.3, 0.4) is 0 Å². The highest BCUT2D eigenvalue weighted by Gasteiger charge is 2.14. The number of fused-ring (bicyclic) bond motifs is 1. The maximum absolute atomic E-state index is 11.5. The number of hydrogen-bond acceptors (Lipinski definition) is 4. The molecule has 1 atom stereocenters. The van der Waals surface area contributed by atoms with E-state index in [0.29, 0.717) is 17.1 Å². The van der Waals surface area contributed by atoms with Crippen LogP contribution in [0.5, 0.6) is 11.5 Å². The summed E-state index contributed by atoms with van der Waals surface area (Å²) in [6.07, 6.45) is 11.5. The number of alkyl halides is 1. The molecule has 1 aromatic carbocycles. The summed E-state index contributed by atoms with van der Waals surface area (Å²) in [5.74, 6) is 0.950. The first-order valence-electron chi connectivity index (χ1n) is 8.74. The lowest BCUT2D eigenvalue weighted by Crippen LogP contribution is -2.06. The first kappa shape index (κ1) is 19.6. The van der Waals surface area contributed by atoms with Gasteiger partial charge < -0.3 is 13.9 Å². The van der Waals surface area contributed by atoms with Crippen molar-refractivity contribution in [1.82, 2.24) is 0 Å².